The molecule has 0 fully saturated rings. The topological polar surface area (TPSA) is 35.5 Å². The van der Waals surface area contributed by atoms with Crippen molar-refractivity contribution in [3.63, 3.8) is 0 Å². The van der Waals surface area contributed by atoms with Crippen molar-refractivity contribution in [2.75, 3.05) is 13.7 Å². The van der Waals surface area contributed by atoms with Crippen LogP contribution in [0.3, 0.4) is 0 Å². The molecule has 0 saturated carbocycles. The number of carbonyl (C=O) groups excluding carboxylic acids is 1. The van der Waals surface area contributed by atoms with Crippen LogP contribution < -0.4 is 0 Å². The quantitative estimate of drug-likeness (QED) is 0.592. The van der Waals surface area contributed by atoms with Crippen LogP contribution in [0.4, 0.5) is 0 Å². The maximum absolute atomic E-state index is 11.3. The summed E-state index contributed by atoms with van der Waals surface area (Å²) < 4.78 is 10.1. The Balaban J connectivity index is 2.90. The third-order valence-electron chi connectivity index (χ3n) is 2.70. The molecule has 3 nitrogen and oxygen atoms in total. The van der Waals surface area contributed by atoms with Gasteiger partial charge in [-0.1, -0.05) is 17.7 Å². The van der Waals surface area contributed by atoms with Gasteiger partial charge in [-0.3, -0.25) is 0 Å². The number of carbonyl (C=O) groups is 1. The lowest BCUT2D eigenvalue weighted by molar-refractivity contribution is -0.137. The van der Waals surface area contributed by atoms with Gasteiger partial charge in [-0.05, 0) is 49.6 Å². The molecule has 19 heavy (non-hydrogen) atoms. The van der Waals surface area contributed by atoms with Crippen LogP contribution in [0.2, 0.25) is 5.02 Å². The maximum Gasteiger partial charge on any atom is 0.330 e. The van der Waals surface area contributed by atoms with E-state index in [-0.39, 0.29) is 12.1 Å². The Morgan fingerprint density at radius 2 is 2.21 bits per heavy atom. The van der Waals surface area contributed by atoms with E-state index in [9.17, 15) is 4.79 Å². The Morgan fingerprint density at radius 3 is 2.84 bits per heavy atom. The van der Waals surface area contributed by atoms with Crippen LogP contribution in [0.1, 0.15) is 25.0 Å². The third-order valence-corrected chi connectivity index (χ3v) is 2.94. The van der Waals surface area contributed by atoms with Crippen molar-refractivity contribution in [2.45, 2.75) is 26.4 Å². The third kappa shape index (κ3) is 5.45. The zero-order valence-electron chi connectivity index (χ0n) is 11.5. The largest absolute Gasteiger partial charge is 0.463 e. The lowest BCUT2D eigenvalue weighted by atomic mass is 10.0. The molecular weight excluding hydrogens is 264 g/mol. The number of methoxy groups -OCH3 is 1. The van der Waals surface area contributed by atoms with Crippen molar-refractivity contribution < 1.29 is 14.3 Å². The minimum absolute atomic E-state index is 0.0909. The molecule has 1 unspecified atom stereocenters. The Bertz CT molecular complexity index is 455. The van der Waals surface area contributed by atoms with Gasteiger partial charge in [-0.25, -0.2) is 4.79 Å². The first-order valence-corrected chi connectivity index (χ1v) is 6.60. The standard InChI is InChI=1S/C15H19ClO3/c1-4-19-15(17)8-6-12-5-7-14(16)10-13(12)9-11(2)18-3/h5-8,10-11H,4,9H2,1-3H3/b8-6+. The Kier molecular flexibility index (Phi) is 6.60. The molecule has 1 rings (SSSR count). The molecule has 1 aromatic rings. The minimum atomic E-state index is -0.344. The first-order chi connectivity index (χ1) is 9.06. The van der Waals surface area contributed by atoms with Gasteiger partial charge in [0.05, 0.1) is 12.7 Å². The number of halogens is 1. The van der Waals surface area contributed by atoms with Gasteiger partial charge in [0, 0.05) is 18.2 Å². The van der Waals surface area contributed by atoms with Crippen LogP contribution >= 0.6 is 11.6 Å². The molecule has 0 aromatic heterocycles. The van der Waals surface area contributed by atoms with Gasteiger partial charge in [0.15, 0.2) is 0 Å². The van der Waals surface area contributed by atoms with E-state index in [4.69, 9.17) is 21.1 Å². The normalized spacial score (nSPS) is 12.6. The van der Waals surface area contributed by atoms with Gasteiger partial charge in [0.1, 0.15) is 0 Å². The van der Waals surface area contributed by atoms with Crippen molar-refractivity contribution in [1.82, 2.24) is 0 Å². The Morgan fingerprint density at radius 1 is 1.47 bits per heavy atom. The molecular formula is C15H19ClO3. The fourth-order valence-corrected chi connectivity index (χ4v) is 1.85. The summed E-state index contributed by atoms with van der Waals surface area (Å²) in [6.07, 6.45) is 3.99. The highest BCUT2D eigenvalue weighted by Gasteiger charge is 2.07. The summed E-state index contributed by atoms with van der Waals surface area (Å²) in [6, 6.07) is 5.57. The molecule has 0 saturated heterocycles. The van der Waals surface area contributed by atoms with E-state index in [0.717, 1.165) is 17.5 Å². The molecule has 0 amide bonds. The number of hydrogen-bond acceptors (Lipinski definition) is 3. The molecule has 1 atom stereocenters. The first kappa shape index (κ1) is 15.7. The van der Waals surface area contributed by atoms with Crippen LogP contribution in [0.15, 0.2) is 24.3 Å². The molecule has 0 aliphatic heterocycles. The average Bonchev–Trinajstić information content (AvgIpc) is 2.38. The Labute approximate surface area is 119 Å². The summed E-state index contributed by atoms with van der Waals surface area (Å²) >= 11 is 6.00. The molecule has 0 spiro atoms. The monoisotopic (exact) mass is 282 g/mol. The van der Waals surface area contributed by atoms with Crippen LogP contribution in [0, 0.1) is 0 Å². The van der Waals surface area contributed by atoms with Gasteiger partial charge < -0.3 is 9.47 Å². The summed E-state index contributed by atoms with van der Waals surface area (Å²) in [5.41, 5.74) is 1.99. The number of hydrogen-bond donors (Lipinski definition) is 0. The van der Waals surface area contributed by atoms with Crippen LogP contribution in [-0.2, 0) is 20.7 Å². The van der Waals surface area contributed by atoms with Crippen LogP contribution in [-0.4, -0.2) is 25.8 Å². The maximum atomic E-state index is 11.3. The van der Waals surface area contributed by atoms with Crippen molar-refractivity contribution in [3.8, 4) is 0 Å². The van der Waals surface area contributed by atoms with E-state index >= 15 is 0 Å². The predicted octanol–water partition coefficient (Wildman–Crippen LogP) is 3.49. The first-order valence-electron chi connectivity index (χ1n) is 6.22. The predicted molar refractivity (Wildman–Crippen MR) is 77.3 cm³/mol. The lowest BCUT2D eigenvalue weighted by Gasteiger charge is -2.12. The van der Waals surface area contributed by atoms with E-state index in [1.54, 1.807) is 26.2 Å². The summed E-state index contributed by atoms with van der Waals surface area (Å²) in [6.45, 7) is 4.14. The number of esters is 1. The number of benzene rings is 1. The molecule has 0 bridgehead atoms. The molecule has 0 heterocycles. The highest BCUT2D eigenvalue weighted by Crippen LogP contribution is 2.19. The van der Waals surface area contributed by atoms with Crippen molar-refractivity contribution >= 4 is 23.6 Å². The summed E-state index contributed by atoms with van der Waals surface area (Å²) in [4.78, 5) is 11.3. The van der Waals surface area contributed by atoms with Gasteiger partial charge >= 0.3 is 5.97 Å². The van der Waals surface area contributed by atoms with Gasteiger partial charge in [0.25, 0.3) is 0 Å². The second kappa shape index (κ2) is 7.97. The van der Waals surface area contributed by atoms with Crippen LogP contribution in [0.5, 0.6) is 0 Å². The van der Waals surface area contributed by atoms with E-state index in [1.807, 2.05) is 19.1 Å². The van der Waals surface area contributed by atoms with Crippen molar-refractivity contribution in [1.29, 1.82) is 0 Å². The zero-order valence-corrected chi connectivity index (χ0v) is 12.2. The molecule has 4 heteroatoms. The molecule has 104 valence electrons. The molecule has 0 aliphatic carbocycles. The highest BCUT2D eigenvalue weighted by atomic mass is 35.5. The fourth-order valence-electron chi connectivity index (χ4n) is 1.65. The minimum Gasteiger partial charge on any atom is -0.463 e. The number of rotatable bonds is 6. The lowest BCUT2D eigenvalue weighted by Crippen LogP contribution is -2.09. The fraction of sp³-hybridized carbons (Fsp3) is 0.400. The smallest absolute Gasteiger partial charge is 0.330 e. The zero-order chi connectivity index (χ0) is 14.3. The molecule has 0 aliphatic rings. The van der Waals surface area contributed by atoms with E-state index in [1.165, 1.54) is 6.08 Å². The second-order valence-corrected chi connectivity index (χ2v) is 4.62. The van der Waals surface area contributed by atoms with Crippen molar-refractivity contribution in [3.05, 3.63) is 40.4 Å². The van der Waals surface area contributed by atoms with E-state index in [0.29, 0.717) is 11.6 Å². The van der Waals surface area contributed by atoms with E-state index in [2.05, 4.69) is 0 Å². The average molecular weight is 283 g/mol. The molecule has 0 N–H and O–H groups in total. The Hall–Kier alpha value is -1.32. The summed E-state index contributed by atoms with van der Waals surface area (Å²) in [5, 5.41) is 0.673. The van der Waals surface area contributed by atoms with Crippen LogP contribution in [0.25, 0.3) is 6.08 Å². The van der Waals surface area contributed by atoms with E-state index < -0.39 is 0 Å². The summed E-state index contributed by atoms with van der Waals surface area (Å²) in [5.74, 6) is -0.344. The number of ether oxygens (including phenoxy) is 2. The summed E-state index contributed by atoms with van der Waals surface area (Å²) in [7, 11) is 1.67. The van der Waals surface area contributed by atoms with Crippen molar-refractivity contribution in [2.24, 2.45) is 0 Å². The highest BCUT2D eigenvalue weighted by molar-refractivity contribution is 6.30. The molecule has 1 aromatic carbocycles. The molecule has 0 radical (unpaired) electrons. The second-order valence-electron chi connectivity index (χ2n) is 4.18. The van der Waals surface area contributed by atoms with Gasteiger partial charge in [-0.2, -0.15) is 0 Å². The SMILES string of the molecule is CCOC(=O)/C=C/c1ccc(Cl)cc1CC(C)OC. The van der Waals surface area contributed by atoms with Gasteiger partial charge in [0.2, 0.25) is 0 Å². The van der Waals surface area contributed by atoms with Gasteiger partial charge in [-0.15, -0.1) is 0 Å².